The second kappa shape index (κ2) is 9.18. The van der Waals surface area contributed by atoms with Gasteiger partial charge in [-0.05, 0) is 44.9 Å². The molecule has 2 aliphatic carbocycles. The maximum atomic E-state index is 12.8. The number of hydrogen-bond donors (Lipinski definition) is 2. The van der Waals surface area contributed by atoms with Crippen LogP contribution < -0.4 is 10.2 Å². The third kappa shape index (κ3) is 4.51. The molecule has 1 saturated heterocycles. The van der Waals surface area contributed by atoms with Gasteiger partial charge in [0.1, 0.15) is 5.82 Å². The molecule has 1 aromatic carbocycles. The molecule has 0 spiro atoms. The number of nitrogens with one attached hydrogen (secondary N) is 1. The summed E-state index contributed by atoms with van der Waals surface area (Å²) in [7, 11) is 0. The first kappa shape index (κ1) is 21.4. The lowest BCUT2D eigenvalue weighted by Gasteiger charge is -2.35. The number of piperidine rings is 1. The Hall–Kier alpha value is -2.47. The smallest absolute Gasteiger partial charge is 0.223 e. The first-order valence-corrected chi connectivity index (χ1v) is 12.3. The van der Waals surface area contributed by atoms with Crippen LogP contribution in [0.15, 0.2) is 30.3 Å². The number of nitrogens with zero attached hydrogens (tertiary/aromatic N) is 3. The number of amides is 1. The number of aryl methyl sites for hydroxylation is 1. The van der Waals surface area contributed by atoms with Crippen LogP contribution >= 0.6 is 0 Å². The van der Waals surface area contributed by atoms with Gasteiger partial charge in [0.05, 0.1) is 5.60 Å². The van der Waals surface area contributed by atoms with Crippen LogP contribution in [0.4, 0.5) is 5.82 Å². The highest BCUT2D eigenvalue weighted by molar-refractivity contribution is 5.79. The van der Waals surface area contributed by atoms with Gasteiger partial charge < -0.3 is 15.3 Å². The predicted octanol–water partition coefficient (Wildman–Crippen LogP) is 3.66. The van der Waals surface area contributed by atoms with Gasteiger partial charge in [-0.1, -0.05) is 49.6 Å². The van der Waals surface area contributed by atoms with E-state index in [2.05, 4.69) is 22.3 Å². The number of fused-ring (bicyclic) bond motifs is 1. The molecule has 6 heteroatoms. The van der Waals surface area contributed by atoms with Crippen molar-refractivity contribution in [3.8, 4) is 11.4 Å². The van der Waals surface area contributed by atoms with E-state index in [0.717, 1.165) is 88.1 Å². The molecule has 3 aliphatic rings. The molecular formula is C26H34N4O2. The average Bonchev–Trinajstić information content (AvgIpc) is 3.32. The average molecular weight is 435 g/mol. The Bertz CT molecular complexity index is 948. The zero-order valence-corrected chi connectivity index (χ0v) is 18.9. The van der Waals surface area contributed by atoms with Gasteiger partial charge in [0.15, 0.2) is 5.82 Å². The zero-order chi connectivity index (χ0) is 22.0. The molecule has 0 bridgehead atoms. The topological polar surface area (TPSA) is 78.4 Å². The Morgan fingerprint density at radius 2 is 1.78 bits per heavy atom. The fraction of sp³-hybridized carbons (Fsp3) is 0.577. The van der Waals surface area contributed by atoms with E-state index in [9.17, 15) is 9.90 Å². The molecule has 0 atom stereocenters. The highest BCUT2D eigenvalue weighted by Gasteiger charge is 2.32. The van der Waals surface area contributed by atoms with E-state index in [-0.39, 0.29) is 11.8 Å². The summed E-state index contributed by atoms with van der Waals surface area (Å²) < 4.78 is 0. The summed E-state index contributed by atoms with van der Waals surface area (Å²) in [5.41, 5.74) is 2.84. The molecule has 32 heavy (non-hydrogen) atoms. The summed E-state index contributed by atoms with van der Waals surface area (Å²) in [6.07, 6.45) is 9.74. The summed E-state index contributed by atoms with van der Waals surface area (Å²) in [5.74, 6) is 1.99. The number of anilines is 1. The number of carbonyl (C=O) groups is 1. The Balaban J connectivity index is 1.24. The van der Waals surface area contributed by atoms with E-state index in [0.29, 0.717) is 6.54 Å². The molecule has 1 aromatic heterocycles. The van der Waals surface area contributed by atoms with Crippen molar-refractivity contribution in [2.75, 3.05) is 24.5 Å². The number of hydrogen-bond acceptors (Lipinski definition) is 5. The number of rotatable bonds is 5. The van der Waals surface area contributed by atoms with Crippen molar-refractivity contribution in [2.45, 2.75) is 69.8 Å². The maximum absolute atomic E-state index is 12.8. The second-order valence-corrected chi connectivity index (χ2v) is 9.78. The van der Waals surface area contributed by atoms with E-state index in [1.807, 2.05) is 18.2 Å². The number of aromatic nitrogens is 2. The summed E-state index contributed by atoms with van der Waals surface area (Å²) in [5, 5.41) is 13.7. The van der Waals surface area contributed by atoms with Gasteiger partial charge in [-0.2, -0.15) is 0 Å². The predicted molar refractivity (Wildman–Crippen MR) is 125 cm³/mol. The standard InChI is InChI=1S/C26H34N4O2/c31-25(27-18-26(32)14-5-2-6-15-26)20-12-16-30(17-13-20)24-21-10-7-11-22(21)28-23(29-24)19-8-3-1-4-9-19/h1,3-4,8-9,20,32H,2,5-7,10-18H2,(H,27,31). The van der Waals surface area contributed by atoms with Gasteiger partial charge in [-0.15, -0.1) is 0 Å². The summed E-state index contributed by atoms with van der Waals surface area (Å²) in [4.78, 5) is 25.0. The van der Waals surface area contributed by atoms with E-state index < -0.39 is 5.60 Å². The normalized spacial score (nSPS) is 20.7. The van der Waals surface area contributed by atoms with Gasteiger partial charge in [-0.25, -0.2) is 9.97 Å². The lowest BCUT2D eigenvalue weighted by Crippen LogP contribution is -2.47. The van der Waals surface area contributed by atoms with Crippen molar-refractivity contribution >= 4 is 11.7 Å². The minimum absolute atomic E-state index is 0.0157. The Labute approximate surface area is 190 Å². The summed E-state index contributed by atoms with van der Waals surface area (Å²) >= 11 is 0. The molecule has 1 amide bonds. The fourth-order valence-electron chi connectivity index (χ4n) is 5.53. The van der Waals surface area contributed by atoms with Gasteiger partial charge in [0, 0.05) is 42.4 Å². The Morgan fingerprint density at radius 3 is 2.53 bits per heavy atom. The molecule has 2 N–H and O–H groups in total. The van der Waals surface area contributed by atoms with Crippen LogP contribution in [0.25, 0.3) is 11.4 Å². The zero-order valence-electron chi connectivity index (χ0n) is 18.9. The monoisotopic (exact) mass is 434 g/mol. The maximum Gasteiger partial charge on any atom is 0.223 e. The van der Waals surface area contributed by atoms with Crippen molar-refractivity contribution in [1.82, 2.24) is 15.3 Å². The number of aliphatic hydroxyl groups is 1. The molecule has 6 nitrogen and oxygen atoms in total. The van der Waals surface area contributed by atoms with Crippen LogP contribution in [0, 0.1) is 5.92 Å². The molecule has 0 unspecified atom stereocenters. The van der Waals surface area contributed by atoms with E-state index in [4.69, 9.17) is 9.97 Å². The number of carbonyl (C=O) groups excluding carboxylic acids is 1. The highest BCUT2D eigenvalue weighted by Crippen LogP contribution is 2.33. The van der Waals surface area contributed by atoms with Gasteiger partial charge in [0.25, 0.3) is 0 Å². The molecule has 5 rings (SSSR count). The lowest BCUT2D eigenvalue weighted by molar-refractivity contribution is -0.127. The Kier molecular flexibility index (Phi) is 6.13. The lowest BCUT2D eigenvalue weighted by atomic mass is 9.84. The van der Waals surface area contributed by atoms with Crippen LogP contribution in [0.5, 0.6) is 0 Å². The quantitative estimate of drug-likeness (QED) is 0.751. The fourth-order valence-corrected chi connectivity index (χ4v) is 5.53. The molecule has 1 aliphatic heterocycles. The minimum Gasteiger partial charge on any atom is -0.388 e. The first-order chi connectivity index (χ1) is 15.6. The van der Waals surface area contributed by atoms with E-state index in [1.165, 1.54) is 17.7 Å². The largest absolute Gasteiger partial charge is 0.388 e. The molecule has 2 fully saturated rings. The van der Waals surface area contributed by atoms with Crippen LogP contribution in [0.3, 0.4) is 0 Å². The highest BCUT2D eigenvalue weighted by atomic mass is 16.3. The SMILES string of the molecule is O=C(NCC1(O)CCCCC1)C1CCN(c2nc(-c3ccccc3)nc3c2CCC3)CC1. The Morgan fingerprint density at radius 1 is 1.03 bits per heavy atom. The van der Waals surface area contributed by atoms with E-state index >= 15 is 0 Å². The van der Waals surface area contributed by atoms with Gasteiger partial charge >= 0.3 is 0 Å². The van der Waals surface area contributed by atoms with E-state index in [1.54, 1.807) is 0 Å². The minimum atomic E-state index is -0.704. The first-order valence-electron chi connectivity index (χ1n) is 12.3. The molecule has 0 radical (unpaired) electrons. The summed E-state index contributed by atoms with van der Waals surface area (Å²) in [6, 6.07) is 10.2. The van der Waals surface area contributed by atoms with Gasteiger partial charge in [-0.3, -0.25) is 4.79 Å². The summed E-state index contributed by atoms with van der Waals surface area (Å²) in [6.45, 7) is 2.06. The molecule has 2 heterocycles. The van der Waals surface area contributed by atoms with Crippen LogP contribution in [0.1, 0.15) is 62.6 Å². The van der Waals surface area contributed by atoms with Crippen LogP contribution in [-0.4, -0.2) is 46.2 Å². The molecular weight excluding hydrogens is 400 g/mol. The van der Waals surface area contributed by atoms with Gasteiger partial charge in [0.2, 0.25) is 5.91 Å². The second-order valence-electron chi connectivity index (χ2n) is 9.78. The van der Waals surface area contributed by atoms with Crippen molar-refractivity contribution in [3.05, 3.63) is 41.6 Å². The molecule has 2 aromatic rings. The van der Waals surface area contributed by atoms with Crippen molar-refractivity contribution in [3.63, 3.8) is 0 Å². The van der Waals surface area contributed by atoms with Crippen molar-refractivity contribution in [2.24, 2.45) is 5.92 Å². The van der Waals surface area contributed by atoms with Crippen molar-refractivity contribution in [1.29, 1.82) is 0 Å². The molecule has 170 valence electrons. The van der Waals surface area contributed by atoms with Crippen LogP contribution in [-0.2, 0) is 17.6 Å². The molecule has 1 saturated carbocycles. The van der Waals surface area contributed by atoms with Crippen molar-refractivity contribution < 1.29 is 9.90 Å². The third-order valence-corrected chi connectivity index (χ3v) is 7.48. The third-order valence-electron chi connectivity index (χ3n) is 7.48. The van der Waals surface area contributed by atoms with Crippen LogP contribution in [0.2, 0.25) is 0 Å². The number of benzene rings is 1.